The van der Waals surface area contributed by atoms with Crippen molar-refractivity contribution in [2.24, 2.45) is 28.6 Å². The first-order valence-electron chi connectivity index (χ1n) is 8.84. The lowest BCUT2D eigenvalue weighted by Crippen LogP contribution is -2.45. The second-order valence-corrected chi connectivity index (χ2v) is 8.56. The van der Waals surface area contributed by atoms with Gasteiger partial charge in [-0.1, -0.05) is 44.8 Å². The molecule has 0 spiro atoms. The van der Waals surface area contributed by atoms with Gasteiger partial charge in [-0.25, -0.2) is 0 Å². The Bertz CT molecular complexity index is 406. The molecule has 4 rings (SSSR count). The zero-order valence-corrected chi connectivity index (χ0v) is 12.9. The van der Waals surface area contributed by atoms with Gasteiger partial charge >= 0.3 is 0 Å². The van der Waals surface area contributed by atoms with Crippen LogP contribution in [0.4, 0.5) is 0 Å². The van der Waals surface area contributed by atoms with Crippen LogP contribution in [0.2, 0.25) is 0 Å². The highest BCUT2D eigenvalue weighted by Crippen LogP contribution is 2.63. The van der Waals surface area contributed by atoms with Crippen LogP contribution in [0.15, 0.2) is 11.6 Å². The summed E-state index contributed by atoms with van der Waals surface area (Å²) in [4.78, 5) is 0. The van der Waals surface area contributed by atoms with E-state index in [1.54, 1.807) is 0 Å². The molecule has 0 saturated heterocycles. The van der Waals surface area contributed by atoms with Gasteiger partial charge in [0.1, 0.15) is 0 Å². The Balaban J connectivity index is 1.72. The molecule has 0 aromatic rings. The number of fused-ring (bicyclic) bond motifs is 5. The van der Waals surface area contributed by atoms with Crippen LogP contribution in [0.25, 0.3) is 0 Å². The van der Waals surface area contributed by atoms with E-state index < -0.39 is 0 Å². The Labute approximate surface area is 119 Å². The zero-order chi connectivity index (χ0) is 13.1. The van der Waals surface area contributed by atoms with Crippen LogP contribution in [0.5, 0.6) is 0 Å². The van der Waals surface area contributed by atoms with Gasteiger partial charge in [0.2, 0.25) is 0 Å². The third kappa shape index (κ3) is 1.64. The first-order chi connectivity index (χ1) is 9.13. The topological polar surface area (TPSA) is 0 Å². The van der Waals surface area contributed by atoms with E-state index in [1.165, 1.54) is 64.2 Å². The maximum atomic E-state index is 2.74. The van der Waals surface area contributed by atoms with E-state index in [0.717, 1.165) is 17.8 Å². The second-order valence-electron chi connectivity index (χ2n) is 8.56. The third-order valence-electron chi connectivity index (χ3n) is 7.72. The first kappa shape index (κ1) is 12.5. The van der Waals surface area contributed by atoms with Crippen LogP contribution in [-0.4, -0.2) is 0 Å². The van der Waals surface area contributed by atoms with Gasteiger partial charge in [-0.15, -0.1) is 0 Å². The minimum atomic E-state index is 0.602. The standard InChI is InChI=1S/C19H30/c1-18-11-5-7-16(18)15-9-8-14-6-3-4-12-19(14,2)17(15)10-13-18/h10,14-16H,3-9,11-13H2,1-2H3/t14-,15+,16+,18+,19+/m1/s1. The monoisotopic (exact) mass is 258 g/mol. The molecule has 0 aromatic carbocycles. The van der Waals surface area contributed by atoms with Crippen LogP contribution in [0.1, 0.15) is 78.1 Å². The molecule has 19 heavy (non-hydrogen) atoms. The van der Waals surface area contributed by atoms with E-state index in [4.69, 9.17) is 0 Å². The van der Waals surface area contributed by atoms with Gasteiger partial charge in [0, 0.05) is 0 Å². The Kier molecular flexibility index (Phi) is 2.71. The van der Waals surface area contributed by atoms with Gasteiger partial charge in [-0.3, -0.25) is 0 Å². The molecule has 0 unspecified atom stereocenters. The molecule has 0 heterocycles. The average Bonchev–Trinajstić information content (AvgIpc) is 2.79. The van der Waals surface area contributed by atoms with Gasteiger partial charge in [0.05, 0.1) is 0 Å². The fourth-order valence-corrected chi connectivity index (χ4v) is 6.55. The van der Waals surface area contributed by atoms with E-state index in [9.17, 15) is 0 Å². The van der Waals surface area contributed by atoms with Gasteiger partial charge in [0.15, 0.2) is 0 Å². The Morgan fingerprint density at radius 3 is 2.74 bits per heavy atom. The summed E-state index contributed by atoms with van der Waals surface area (Å²) in [5, 5.41) is 0. The highest BCUT2D eigenvalue weighted by atomic mass is 14.6. The minimum absolute atomic E-state index is 0.602. The summed E-state index contributed by atoms with van der Waals surface area (Å²) >= 11 is 0. The van der Waals surface area contributed by atoms with Crippen molar-refractivity contribution >= 4 is 0 Å². The number of hydrogen-bond donors (Lipinski definition) is 0. The van der Waals surface area contributed by atoms with Crippen molar-refractivity contribution in [3.05, 3.63) is 11.6 Å². The quantitative estimate of drug-likeness (QED) is 0.487. The van der Waals surface area contributed by atoms with Crippen LogP contribution in [0, 0.1) is 28.6 Å². The predicted molar refractivity (Wildman–Crippen MR) is 80.9 cm³/mol. The molecule has 0 nitrogen and oxygen atoms in total. The fourth-order valence-electron chi connectivity index (χ4n) is 6.55. The maximum Gasteiger partial charge on any atom is -0.00853 e. The van der Waals surface area contributed by atoms with Crippen molar-refractivity contribution in [1.29, 1.82) is 0 Å². The van der Waals surface area contributed by atoms with E-state index >= 15 is 0 Å². The van der Waals surface area contributed by atoms with Crippen molar-refractivity contribution < 1.29 is 0 Å². The van der Waals surface area contributed by atoms with Crippen LogP contribution in [0.3, 0.4) is 0 Å². The maximum absolute atomic E-state index is 2.74. The summed E-state index contributed by atoms with van der Waals surface area (Å²) in [6.45, 7) is 5.22. The van der Waals surface area contributed by atoms with Crippen molar-refractivity contribution in [1.82, 2.24) is 0 Å². The normalized spacial score (nSPS) is 52.9. The molecule has 0 heteroatoms. The van der Waals surface area contributed by atoms with Gasteiger partial charge in [-0.2, -0.15) is 0 Å². The molecule has 4 aliphatic rings. The number of allylic oxidation sites excluding steroid dienone is 2. The molecule has 0 amide bonds. The summed E-state index contributed by atoms with van der Waals surface area (Å²) in [5.74, 6) is 3.03. The molecule has 0 radical (unpaired) electrons. The van der Waals surface area contributed by atoms with E-state index in [1.807, 2.05) is 5.57 Å². The third-order valence-corrected chi connectivity index (χ3v) is 7.72. The number of rotatable bonds is 0. The average molecular weight is 258 g/mol. The molecule has 0 bridgehead atoms. The highest BCUT2D eigenvalue weighted by molar-refractivity contribution is 5.28. The molecule has 0 aromatic heterocycles. The molecule has 106 valence electrons. The van der Waals surface area contributed by atoms with E-state index in [-0.39, 0.29) is 0 Å². The zero-order valence-electron chi connectivity index (χ0n) is 12.9. The molecule has 0 N–H and O–H groups in total. The second kappa shape index (κ2) is 4.12. The summed E-state index contributed by atoms with van der Waals surface area (Å²) < 4.78 is 0. The molecule has 4 aliphatic carbocycles. The van der Waals surface area contributed by atoms with Crippen LogP contribution in [-0.2, 0) is 0 Å². The summed E-state index contributed by atoms with van der Waals surface area (Å²) in [6, 6.07) is 0. The molecule has 3 saturated carbocycles. The minimum Gasteiger partial charge on any atom is -0.0839 e. The van der Waals surface area contributed by atoms with Crippen molar-refractivity contribution in [3.8, 4) is 0 Å². The molecule has 5 atom stereocenters. The van der Waals surface area contributed by atoms with E-state index in [2.05, 4.69) is 19.9 Å². The first-order valence-corrected chi connectivity index (χ1v) is 8.84. The van der Waals surface area contributed by atoms with Crippen LogP contribution >= 0.6 is 0 Å². The fraction of sp³-hybridized carbons (Fsp3) is 0.895. The molecule has 0 aliphatic heterocycles. The summed E-state index contributed by atoms with van der Waals surface area (Å²) in [5.41, 5.74) is 3.21. The van der Waals surface area contributed by atoms with Crippen molar-refractivity contribution in [3.63, 3.8) is 0 Å². The largest absolute Gasteiger partial charge is 0.0839 e. The van der Waals surface area contributed by atoms with Gasteiger partial charge in [0.25, 0.3) is 0 Å². The van der Waals surface area contributed by atoms with Crippen molar-refractivity contribution in [2.75, 3.05) is 0 Å². The smallest absolute Gasteiger partial charge is 0.00853 e. The Morgan fingerprint density at radius 2 is 1.84 bits per heavy atom. The van der Waals surface area contributed by atoms with Gasteiger partial charge < -0.3 is 0 Å². The molecular formula is C19H30. The lowest BCUT2D eigenvalue weighted by atomic mass is 9.49. The number of hydrogen-bond acceptors (Lipinski definition) is 0. The van der Waals surface area contributed by atoms with Crippen molar-refractivity contribution in [2.45, 2.75) is 78.1 Å². The Hall–Kier alpha value is -0.260. The lowest BCUT2D eigenvalue weighted by Gasteiger charge is -2.55. The lowest BCUT2D eigenvalue weighted by molar-refractivity contribution is 0.0439. The summed E-state index contributed by atoms with van der Waals surface area (Å²) in [7, 11) is 0. The van der Waals surface area contributed by atoms with E-state index in [0.29, 0.717) is 10.8 Å². The van der Waals surface area contributed by atoms with Crippen LogP contribution < -0.4 is 0 Å². The molecular weight excluding hydrogens is 228 g/mol. The highest BCUT2D eigenvalue weighted by Gasteiger charge is 2.53. The Morgan fingerprint density at radius 1 is 0.947 bits per heavy atom. The SMILES string of the molecule is C[C@]12CC=C3[C@@H](CC[C@H]4CCCC[C@]34C)[C@@H]1CCC2. The molecule has 3 fully saturated rings. The van der Waals surface area contributed by atoms with Gasteiger partial charge in [-0.05, 0) is 73.5 Å². The summed E-state index contributed by atoms with van der Waals surface area (Å²) in [6.07, 6.45) is 17.7. The predicted octanol–water partition coefficient (Wildman–Crippen LogP) is 5.73.